The van der Waals surface area contributed by atoms with Crippen molar-refractivity contribution >= 4 is 52.5 Å². The van der Waals surface area contributed by atoms with Gasteiger partial charge in [-0.1, -0.05) is 41.0 Å². The second kappa shape index (κ2) is 9.15. The van der Waals surface area contributed by atoms with E-state index in [9.17, 15) is 9.59 Å². The maximum atomic E-state index is 12.4. The number of halogens is 2. The maximum Gasteiger partial charge on any atom is 0.257 e. The van der Waals surface area contributed by atoms with E-state index in [-0.39, 0.29) is 11.8 Å². The van der Waals surface area contributed by atoms with E-state index < -0.39 is 0 Å². The molecule has 0 aliphatic heterocycles. The van der Waals surface area contributed by atoms with Gasteiger partial charge in [-0.15, -0.1) is 0 Å². The standard InChI is InChI=1S/C21H16Cl2N2O2S/c1-24-20(26)13-3-2-4-17(11-13)28-16-8-6-15(7-9-16)25-21(27)18-10-5-14(22)12-19(18)23/h2-12H,1H3,(H,24,26)(H,25,27). The molecular formula is C21H16Cl2N2O2S. The SMILES string of the molecule is CNC(=O)c1cccc(Sc2ccc(NC(=O)c3ccc(Cl)cc3Cl)cc2)c1. The zero-order valence-electron chi connectivity index (χ0n) is 14.8. The number of amides is 2. The topological polar surface area (TPSA) is 58.2 Å². The Labute approximate surface area is 177 Å². The molecule has 0 spiro atoms. The number of carbonyl (C=O) groups is 2. The van der Waals surface area contributed by atoms with Crippen molar-refractivity contribution in [1.29, 1.82) is 0 Å². The van der Waals surface area contributed by atoms with Crippen molar-refractivity contribution in [3.63, 3.8) is 0 Å². The minimum Gasteiger partial charge on any atom is -0.355 e. The quantitative estimate of drug-likeness (QED) is 0.540. The van der Waals surface area contributed by atoms with E-state index in [1.54, 1.807) is 25.2 Å². The molecule has 0 bridgehead atoms. The van der Waals surface area contributed by atoms with Gasteiger partial charge in [0.15, 0.2) is 0 Å². The maximum absolute atomic E-state index is 12.4. The van der Waals surface area contributed by atoms with Gasteiger partial charge in [-0.05, 0) is 60.7 Å². The molecule has 0 aliphatic carbocycles. The first kappa shape index (κ1) is 20.3. The van der Waals surface area contributed by atoms with Crippen molar-refractivity contribution in [2.45, 2.75) is 9.79 Å². The number of carbonyl (C=O) groups excluding carboxylic acids is 2. The van der Waals surface area contributed by atoms with Crippen LogP contribution in [0.2, 0.25) is 10.0 Å². The summed E-state index contributed by atoms with van der Waals surface area (Å²) >= 11 is 13.5. The number of rotatable bonds is 5. The zero-order chi connectivity index (χ0) is 20.1. The first-order valence-electron chi connectivity index (χ1n) is 8.33. The molecule has 0 saturated heterocycles. The lowest BCUT2D eigenvalue weighted by atomic mass is 10.2. The molecule has 0 saturated carbocycles. The van der Waals surface area contributed by atoms with Crippen LogP contribution in [0.15, 0.2) is 76.5 Å². The van der Waals surface area contributed by atoms with Crippen LogP contribution < -0.4 is 10.6 Å². The van der Waals surface area contributed by atoms with E-state index in [4.69, 9.17) is 23.2 Å². The Balaban J connectivity index is 1.68. The number of hydrogen-bond donors (Lipinski definition) is 2. The van der Waals surface area contributed by atoms with Crippen LogP contribution in [0.4, 0.5) is 5.69 Å². The predicted octanol–water partition coefficient (Wildman–Crippen LogP) is 5.76. The van der Waals surface area contributed by atoms with E-state index >= 15 is 0 Å². The molecule has 28 heavy (non-hydrogen) atoms. The molecule has 2 amide bonds. The Morgan fingerprint density at radius 3 is 2.29 bits per heavy atom. The molecular weight excluding hydrogens is 415 g/mol. The third-order valence-corrected chi connectivity index (χ3v) is 5.39. The van der Waals surface area contributed by atoms with Crippen LogP contribution in [0.25, 0.3) is 0 Å². The average molecular weight is 431 g/mol. The van der Waals surface area contributed by atoms with E-state index in [1.165, 1.54) is 17.8 Å². The molecule has 3 aromatic rings. The molecule has 0 unspecified atom stereocenters. The van der Waals surface area contributed by atoms with Crippen molar-refractivity contribution in [2.24, 2.45) is 0 Å². The predicted molar refractivity (Wildman–Crippen MR) is 115 cm³/mol. The Morgan fingerprint density at radius 1 is 0.857 bits per heavy atom. The molecule has 0 aliphatic rings. The minimum atomic E-state index is -0.305. The highest BCUT2D eigenvalue weighted by Crippen LogP contribution is 2.29. The number of anilines is 1. The van der Waals surface area contributed by atoms with Gasteiger partial charge >= 0.3 is 0 Å². The van der Waals surface area contributed by atoms with Crippen molar-refractivity contribution in [3.8, 4) is 0 Å². The van der Waals surface area contributed by atoms with Gasteiger partial charge in [-0.2, -0.15) is 0 Å². The summed E-state index contributed by atoms with van der Waals surface area (Å²) in [5, 5.41) is 6.20. The summed E-state index contributed by atoms with van der Waals surface area (Å²) in [5.41, 5.74) is 1.62. The van der Waals surface area contributed by atoms with Crippen LogP contribution in [0.1, 0.15) is 20.7 Å². The third kappa shape index (κ3) is 5.07. The van der Waals surface area contributed by atoms with Gasteiger partial charge in [0.2, 0.25) is 0 Å². The number of benzene rings is 3. The molecule has 0 atom stereocenters. The second-order valence-electron chi connectivity index (χ2n) is 5.81. The van der Waals surface area contributed by atoms with Crippen LogP contribution >= 0.6 is 35.0 Å². The summed E-state index contributed by atoms with van der Waals surface area (Å²) in [6.45, 7) is 0. The van der Waals surface area contributed by atoms with E-state index in [1.807, 2.05) is 42.5 Å². The lowest BCUT2D eigenvalue weighted by Crippen LogP contribution is -2.17. The molecule has 142 valence electrons. The van der Waals surface area contributed by atoms with Crippen LogP contribution in [0, 0.1) is 0 Å². The fourth-order valence-electron chi connectivity index (χ4n) is 2.46. The molecule has 0 aromatic heterocycles. The molecule has 2 N–H and O–H groups in total. The van der Waals surface area contributed by atoms with Crippen LogP contribution in [0.3, 0.4) is 0 Å². The Hall–Kier alpha value is -2.47. The largest absolute Gasteiger partial charge is 0.355 e. The van der Waals surface area contributed by atoms with Crippen molar-refractivity contribution in [2.75, 3.05) is 12.4 Å². The summed E-state index contributed by atoms with van der Waals surface area (Å²) in [5.74, 6) is -0.429. The summed E-state index contributed by atoms with van der Waals surface area (Å²) in [6.07, 6.45) is 0. The molecule has 3 rings (SSSR count). The lowest BCUT2D eigenvalue weighted by molar-refractivity contribution is 0.0962. The third-order valence-electron chi connectivity index (χ3n) is 3.85. The average Bonchev–Trinajstić information content (AvgIpc) is 2.69. The highest BCUT2D eigenvalue weighted by atomic mass is 35.5. The minimum absolute atomic E-state index is 0.124. The normalized spacial score (nSPS) is 10.4. The Bertz CT molecular complexity index is 1020. The van der Waals surface area contributed by atoms with Gasteiger partial charge in [-0.25, -0.2) is 0 Å². The summed E-state index contributed by atoms with van der Waals surface area (Å²) < 4.78 is 0. The smallest absolute Gasteiger partial charge is 0.257 e. The zero-order valence-corrected chi connectivity index (χ0v) is 17.2. The lowest BCUT2D eigenvalue weighted by Gasteiger charge is -2.08. The fraction of sp³-hybridized carbons (Fsp3) is 0.0476. The monoisotopic (exact) mass is 430 g/mol. The van der Waals surface area contributed by atoms with Gasteiger partial charge in [0, 0.05) is 33.1 Å². The summed E-state index contributed by atoms with van der Waals surface area (Å²) in [4.78, 5) is 26.1. The molecule has 0 heterocycles. The van der Waals surface area contributed by atoms with Crippen molar-refractivity contribution < 1.29 is 9.59 Å². The Kier molecular flexibility index (Phi) is 6.62. The van der Waals surface area contributed by atoms with Crippen molar-refractivity contribution in [1.82, 2.24) is 5.32 Å². The van der Waals surface area contributed by atoms with Crippen molar-refractivity contribution in [3.05, 3.63) is 87.9 Å². The van der Waals surface area contributed by atoms with Gasteiger partial charge < -0.3 is 10.6 Å². The van der Waals surface area contributed by atoms with Gasteiger partial charge in [0.1, 0.15) is 0 Å². The molecule has 7 heteroatoms. The van der Waals surface area contributed by atoms with Crippen LogP contribution in [0.5, 0.6) is 0 Å². The molecule has 0 fully saturated rings. The van der Waals surface area contributed by atoms with Gasteiger partial charge in [0.05, 0.1) is 10.6 Å². The van der Waals surface area contributed by atoms with E-state index in [0.717, 1.165) is 9.79 Å². The van der Waals surface area contributed by atoms with E-state index in [2.05, 4.69) is 10.6 Å². The molecule has 3 aromatic carbocycles. The highest BCUT2D eigenvalue weighted by Gasteiger charge is 2.11. The van der Waals surface area contributed by atoms with E-state index in [0.29, 0.717) is 26.9 Å². The first-order valence-corrected chi connectivity index (χ1v) is 9.90. The number of hydrogen-bond acceptors (Lipinski definition) is 3. The van der Waals surface area contributed by atoms with Gasteiger partial charge in [-0.3, -0.25) is 9.59 Å². The number of nitrogens with one attached hydrogen (secondary N) is 2. The van der Waals surface area contributed by atoms with Crippen LogP contribution in [-0.2, 0) is 0 Å². The fourth-order valence-corrected chi connectivity index (χ4v) is 3.83. The molecule has 4 nitrogen and oxygen atoms in total. The second-order valence-corrected chi connectivity index (χ2v) is 7.80. The summed E-state index contributed by atoms with van der Waals surface area (Å²) in [6, 6.07) is 19.5. The summed E-state index contributed by atoms with van der Waals surface area (Å²) in [7, 11) is 1.60. The Morgan fingerprint density at radius 2 is 1.61 bits per heavy atom. The molecule has 0 radical (unpaired) electrons. The first-order chi connectivity index (χ1) is 13.5. The van der Waals surface area contributed by atoms with Crippen LogP contribution in [-0.4, -0.2) is 18.9 Å². The van der Waals surface area contributed by atoms with Gasteiger partial charge in [0.25, 0.3) is 11.8 Å². The highest BCUT2D eigenvalue weighted by molar-refractivity contribution is 7.99.